The zero-order valence-electron chi connectivity index (χ0n) is 17.4. The molecule has 0 aliphatic heterocycles. The summed E-state index contributed by atoms with van der Waals surface area (Å²) in [5, 5.41) is 7.41. The molecule has 2 heterocycles. The van der Waals surface area contributed by atoms with Gasteiger partial charge in [-0.15, -0.1) is 0 Å². The van der Waals surface area contributed by atoms with Crippen LogP contribution in [0.4, 0.5) is 0 Å². The normalized spacial score (nSPS) is 12.3. The Balaban J connectivity index is 1.37. The second-order valence-electron chi connectivity index (χ2n) is 7.71. The van der Waals surface area contributed by atoms with Gasteiger partial charge < -0.3 is 9.32 Å². The first-order valence-corrected chi connectivity index (χ1v) is 10.2. The van der Waals surface area contributed by atoms with Gasteiger partial charge in [0.1, 0.15) is 18.2 Å². The van der Waals surface area contributed by atoms with Crippen LogP contribution >= 0.6 is 0 Å². The summed E-state index contributed by atoms with van der Waals surface area (Å²) in [4.78, 5) is 18.9. The van der Waals surface area contributed by atoms with Crippen LogP contribution in [-0.4, -0.2) is 32.6 Å². The largest absolute Gasteiger partial charge is 0.464 e. The number of carbonyl (C=O) groups excluding carboxylic acids is 1. The summed E-state index contributed by atoms with van der Waals surface area (Å²) in [5.41, 5.74) is 3.71. The van der Waals surface area contributed by atoms with E-state index in [1.165, 1.54) is 6.33 Å². The van der Waals surface area contributed by atoms with Gasteiger partial charge in [-0.1, -0.05) is 42.5 Å². The van der Waals surface area contributed by atoms with Gasteiger partial charge in [0, 0.05) is 18.0 Å². The first-order valence-electron chi connectivity index (χ1n) is 10.2. The fraction of sp³-hybridized carbons (Fsp3) is 0.160. The molecule has 1 amide bonds. The van der Waals surface area contributed by atoms with Crippen molar-refractivity contribution < 1.29 is 9.21 Å². The Labute approximate surface area is 179 Å². The van der Waals surface area contributed by atoms with Crippen LogP contribution in [0.1, 0.15) is 24.1 Å². The highest BCUT2D eigenvalue weighted by atomic mass is 16.3. The summed E-state index contributed by atoms with van der Waals surface area (Å²) < 4.78 is 7.45. The molecule has 0 saturated carbocycles. The van der Waals surface area contributed by atoms with E-state index in [-0.39, 0.29) is 11.9 Å². The molecule has 0 saturated heterocycles. The minimum absolute atomic E-state index is 0.0449. The molecule has 5 rings (SSSR count). The Kier molecular flexibility index (Phi) is 4.75. The lowest BCUT2D eigenvalue weighted by atomic mass is 10.0. The minimum Gasteiger partial charge on any atom is -0.464 e. The van der Waals surface area contributed by atoms with Crippen molar-refractivity contribution in [3.63, 3.8) is 0 Å². The lowest BCUT2D eigenvalue weighted by Gasteiger charge is -2.25. The SMILES string of the molecule is C[C@@H](c1ccc(-n2cncn2)cc1)N(C)C(=O)Cc1coc2ccc3ccccc3c12. The smallest absolute Gasteiger partial charge is 0.227 e. The second kappa shape index (κ2) is 7.72. The van der Waals surface area contributed by atoms with E-state index in [1.807, 2.05) is 62.5 Å². The van der Waals surface area contributed by atoms with Gasteiger partial charge in [-0.3, -0.25) is 4.79 Å². The number of likely N-dealkylation sites (N-methyl/N-ethyl adjacent to an activating group) is 1. The number of amides is 1. The number of nitrogens with zero attached hydrogens (tertiary/aromatic N) is 4. The van der Waals surface area contributed by atoms with Crippen LogP contribution < -0.4 is 0 Å². The maximum Gasteiger partial charge on any atom is 0.227 e. The van der Waals surface area contributed by atoms with Crippen molar-refractivity contribution in [2.75, 3.05) is 7.05 Å². The highest BCUT2D eigenvalue weighted by Crippen LogP contribution is 2.31. The minimum atomic E-state index is -0.0628. The number of benzene rings is 3. The summed E-state index contributed by atoms with van der Waals surface area (Å²) in [5.74, 6) is 0.0449. The molecule has 31 heavy (non-hydrogen) atoms. The molecule has 0 bridgehead atoms. The van der Waals surface area contributed by atoms with Crippen LogP contribution in [0.2, 0.25) is 0 Å². The Bertz CT molecular complexity index is 1350. The first kappa shape index (κ1) is 19.1. The van der Waals surface area contributed by atoms with E-state index in [0.717, 1.165) is 38.6 Å². The quantitative estimate of drug-likeness (QED) is 0.412. The van der Waals surface area contributed by atoms with Gasteiger partial charge in [0.2, 0.25) is 5.91 Å². The van der Waals surface area contributed by atoms with E-state index in [4.69, 9.17) is 4.42 Å². The number of furan rings is 1. The van der Waals surface area contributed by atoms with Crippen molar-refractivity contribution in [2.24, 2.45) is 0 Å². The monoisotopic (exact) mass is 410 g/mol. The highest BCUT2D eigenvalue weighted by Gasteiger charge is 2.20. The average Bonchev–Trinajstić information content (AvgIpc) is 3.49. The van der Waals surface area contributed by atoms with E-state index in [1.54, 1.807) is 22.2 Å². The first-order chi connectivity index (χ1) is 15.1. The van der Waals surface area contributed by atoms with Crippen molar-refractivity contribution in [1.29, 1.82) is 0 Å². The maximum absolute atomic E-state index is 13.1. The summed E-state index contributed by atoms with van der Waals surface area (Å²) in [6.07, 6.45) is 5.16. The van der Waals surface area contributed by atoms with Crippen LogP contribution in [0.5, 0.6) is 0 Å². The highest BCUT2D eigenvalue weighted by molar-refractivity contribution is 6.08. The van der Waals surface area contributed by atoms with Crippen molar-refractivity contribution in [2.45, 2.75) is 19.4 Å². The second-order valence-corrected chi connectivity index (χ2v) is 7.71. The third-order valence-electron chi connectivity index (χ3n) is 5.91. The molecule has 6 heteroatoms. The topological polar surface area (TPSA) is 64.2 Å². The zero-order valence-corrected chi connectivity index (χ0v) is 17.4. The van der Waals surface area contributed by atoms with E-state index in [9.17, 15) is 4.79 Å². The van der Waals surface area contributed by atoms with Crippen LogP contribution in [0.15, 0.2) is 84.0 Å². The molecule has 0 aliphatic carbocycles. The number of aromatic nitrogens is 3. The Morgan fingerprint density at radius 3 is 2.68 bits per heavy atom. The molecule has 3 aromatic carbocycles. The van der Waals surface area contributed by atoms with Gasteiger partial charge in [-0.25, -0.2) is 9.67 Å². The molecule has 1 atom stereocenters. The number of fused-ring (bicyclic) bond motifs is 3. The molecular weight excluding hydrogens is 388 g/mol. The predicted octanol–water partition coefficient (Wildman–Crippen LogP) is 4.93. The van der Waals surface area contributed by atoms with Gasteiger partial charge in [0.15, 0.2) is 0 Å². The lowest BCUT2D eigenvalue weighted by molar-refractivity contribution is -0.131. The third kappa shape index (κ3) is 3.46. The molecule has 154 valence electrons. The van der Waals surface area contributed by atoms with Crippen LogP contribution in [-0.2, 0) is 11.2 Å². The Hall–Kier alpha value is -3.93. The van der Waals surface area contributed by atoms with Crippen molar-refractivity contribution >= 4 is 27.6 Å². The predicted molar refractivity (Wildman–Crippen MR) is 120 cm³/mol. The van der Waals surface area contributed by atoms with E-state index < -0.39 is 0 Å². The fourth-order valence-electron chi connectivity index (χ4n) is 3.98. The standard InChI is InChI=1S/C25H22N4O2/c1-17(18-7-10-21(11-8-18)29-16-26-15-27-29)28(2)24(30)13-20-14-31-23-12-9-19-5-3-4-6-22(19)25(20)23/h3-12,14-17H,13H2,1-2H3/t17-/m0/s1. The third-order valence-corrected chi connectivity index (χ3v) is 5.91. The molecule has 6 nitrogen and oxygen atoms in total. The number of hydrogen-bond donors (Lipinski definition) is 0. The van der Waals surface area contributed by atoms with Gasteiger partial charge >= 0.3 is 0 Å². The summed E-state index contributed by atoms with van der Waals surface area (Å²) in [6.45, 7) is 2.03. The molecule has 5 aromatic rings. The van der Waals surface area contributed by atoms with Crippen molar-refractivity contribution in [3.8, 4) is 5.69 Å². The number of rotatable bonds is 5. The van der Waals surface area contributed by atoms with Crippen molar-refractivity contribution in [1.82, 2.24) is 19.7 Å². The zero-order chi connectivity index (χ0) is 21.4. The Morgan fingerprint density at radius 2 is 1.90 bits per heavy atom. The number of hydrogen-bond acceptors (Lipinski definition) is 4. The van der Waals surface area contributed by atoms with Gasteiger partial charge in [0.25, 0.3) is 0 Å². The van der Waals surface area contributed by atoms with Crippen LogP contribution in [0.3, 0.4) is 0 Å². The molecule has 0 unspecified atom stereocenters. The molecule has 0 fully saturated rings. The molecular formula is C25H22N4O2. The van der Waals surface area contributed by atoms with Gasteiger partial charge in [-0.05, 0) is 41.5 Å². The molecule has 0 radical (unpaired) electrons. The van der Waals surface area contributed by atoms with E-state index in [0.29, 0.717) is 6.42 Å². The van der Waals surface area contributed by atoms with E-state index in [2.05, 4.69) is 22.2 Å². The maximum atomic E-state index is 13.1. The van der Waals surface area contributed by atoms with Gasteiger partial charge in [-0.2, -0.15) is 5.10 Å². The fourth-order valence-corrected chi connectivity index (χ4v) is 3.98. The van der Waals surface area contributed by atoms with E-state index >= 15 is 0 Å². The lowest BCUT2D eigenvalue weighted by Crippen LogP contribution is -2.30. The van der Waals surface area contributed by atoms with Crippen molar-refractivity contribution in [3.05, 3.63) is 90.7 Å². The number of carbonyl (C=O) groups is 1. The van der Waals surface area contributed by atoms with Crippen LogP contribution in [0, 0.1) is 0 Å². The van der Waals surface area contributed by atoms with Crippen LogP contribution in [0.25, 0.3) is 27.4 Å². The Morgan fingerprint density at radius 1 is 1.10 bits per heavy atom. The molecule has 0 N–H and O–H groups in total. The molecule has 2 aromatic heterocycles. The summed E-state index contributed by atoms with van der Waals surface area (Å²) in [7, 11) is 1.85. The summed E-state index contributed by atoms with van der Waals surface area (Å²) >= 11 is 0. The van der Waals surface area contributed by atoms with Gasteiger partial charge in [0.05, 0.1) is 24.4 Å². The molecule has 0 aliphatic rings. The average molecular weight is 410 g/mol. The summed E-state index contributed by atoms with van der Waals surface area (Å²) in [6, 6.07) is 20.1. The molecule has 0 spiro atoms.